The number of carbonyl (C=O) groups is 3. The van der Waals surface area contributed by atoms with E-state index < -0.39 is 5.97 Å². The van der Waals surface area contributed by atoms with E-state index >= 15 is 0 Å². The molecule has 0 spiro atoms. The van der Waals surface area contributed by atoms with E-state index in [9.17, 15) is 14.4 Å². The van der Waals surface area contributed by atoms with Crippen LogP contribution in [0.25, 0.3) is 0 Å². The minimum absolute atomic E-state index is 0.108. The summed E-state index contributed by atoms with van der Waals surface area (Å²) in [5.41, 5.74) is 5.86. The van der Waals surface area contributed by atoms with Crippen molar-refractivity contribution in [1.82, 2.24) is 20.7 Å². The molecular formula is C12H19N5O4S. The highest BCUT2D eigenvalue weighted by Crippen LogP contribution is 2.22. The van der Waals surface area contributed by atoms with Gasteiger partial charge in [0.25, 0.3) is 0 Å². The minimum atomic E-state index is -0.521. The van der Waals surface area contributed by atoms with E-state index in [4.69, 9.17) is 4.74 Å². The van der Waals surface area contributed by atoms with Crippen LogP contribution in [0.4, 0.5) is 4.79 Å². The summed E-state index contributed by atoms with van der Waals surface area (Å²) >= 11 is 1.18. The van der Waals surface area contributed by atoms with Gasteiger partial charge in [-0.1, -0.05) is 11.8 Å². The maximum Gasteiger partial charge on any atom is 0.322 e. The summed E-state index contributed by atoms with van der Waals surface area (Å²) in [5, 5.41) is 0.508. The Morgan fingerprint density at radius 2 is 2.09 bits per heavy atom. The van der Waals surface area contributed by atoms with Gasteiger partial charge in [-0.3, -0.25) is 15.0 Å². The van der Waals surface area contributed by atoms with Gasteiger partial charge in [0.2, 0.25) is 0 Å². The van der Waals surface area contributed by atoms with E-state index in [1.807, 2.05) is 0 Å². The van der Waals surface area contributed by atoms with Crippen molar-refractivity contribution >= 4 is 34.7 Å². The van der Waals surface area contributed by atoms with Gasteiger partial charge in [-0.2, -0.15) is 0 Å². The highest BCUT2D eigenvalue weighted by Gasteiger charge is 2.44. The Morgan fingerprint density at radius 3 is 2.77 bits per heavy atom. The second kappa shape index (κ2) is 6.97. The van der Waals surface area contributed by atoms with E-state index in [1.54, 1.807) is 25.9 Å². The average Bonchev–Trinajstić information content (AvgIpc) is 2.70. The summed E-state index contributed by atoms with van der Waals surface area (Å²) in [6.45, 7) is 1.95. The van der Waals surface area contributed by atoms with E-state index in [0.29, 0.717) is 5.17 Å². The number of aliphatic imine (C=N–C) groups is 1. The molecule has 2 aliphatic heterocycles. The predicted octanol–water partition coefficient (Wildman–Crippen LogP) is -0.645. The Hall–Kier alpha value is -1.81. The van der Waals surface area contributed by atoms with Crippen LogP contribution < -0.4 is 10.9 Å². The number of esters is 1. The van der Waals surface area contributed by atoms with Crippen molar-refractivity contribution < 1.29 is 19.1 Å². The van der Waals surface area contributed by atoms with E-state index in [2.05, 4.69) is 15.8 Å². The second-order valence-corrected chi connectivity index (χ2v) is 5.84. The number of hydrogen-bond acceptors (Lipinski definition) is 8. The third-order valence-corrected chi connectivity index (χ3v) is 4.24. The lowest BCUT2D eigenvalue weighted by Gasteiger charge is -2.29. The Morgan fingerprint density at radius 1 is 1.36 bits per heavy atom. The fourth-order valence-electron chi connectivity index (χ4n) is 2.16. The summed E-state index contributed by atoms with van der Waals surface area (Å²) in [7, 11) is 3.36. The number of nitrogens with zero attached hydrogens (tertiary/aromatic N) is 3. The van der Waals surface area contributed by atoms with Crippen LogP contribution >= 0.6 is 11.8 Å². The number of carbonyl (C=O) groups excluding carboxylic acids is 3. The van der Waals surface area contributed by atoms with Gasteiger partial charge in [0.15, 0.2) is 17.1 Å². The molecule has 22 heavy (non-hydrogen) atoms. The first-order valence-corrected chi connectivity index (χ1v) is 7.81. The minimum Gasteiger partial charge on any atom is -0.466 e. The second-order valence-electron chi connectivity index (χ2n) is 4.88. The number of ketones is 1. The quantitative estimate of drug-likeness (QED) is 0.510. The summed E-state index contributed by atoms with van der Waals surface area (Å²) in [4.78, 5) is 42.2. The monoisotopic (exact) mass is 329 g/mol. The summed E-state index contributed by atoms with van der Waals surface area (Å²) < 4.78 is 4.72. The van der Waals surface area contributed by atoms with Crippen molar-refractivity contribution in [2.45, 2.75) is 25.7 Å². The Labute approximate surface area is 132 Å². The first-order valence-electron chi connectivity index (χ1n) is 6.83. The molecule has 2 atom stereocenters. The molecule has 2 unspecified atom stereocenters. The molecule has 9 nitrogen and oxygen atoms in total. The maximum absolute atomic E-state index is 11.8. The van der Waals surface area contributed by atoms with Gasteiger partial charge in [-0.05, 0) is 6.92 Å². The number of amidine groups is 1. The van der Waals surface area contributed by atoms with Gasteiger partial charge in [0, 0.05) is 14.1 Å². The Kier molecular flexibility index (Phi) is 5.24. The number of hydrazine groups is 1. The molecule has 2 N–H and O–H groups in total. The lowest BCUT2D eigenvalue weighted by atomic mass is 10.3. The molecule has 0 aromatic rings. The molecule has 2 amide bonds. The molecule has 0 aromatic heterocycles. The van der Waals surface area contributed by atoms with Crippen LogP contribution in [0.15, 0.2) is 4.99 Å². The number of amides is 2. The molecule has 0 saturated carbocycles. The smallest absolute Gasteiger partial charge is 0.322 e. The van der Waals surface area contributed by atoms with Gasteiger partial charge in [-0.25, -0.2) is 15.2 Å². The fourth-order valence-corrected chi connectivity index (χ4v) is 2.87. The fraction of sp³-hybridized carbons (Fsp3) is 0.667. The zero-order valence-electron chi connectivity index (χ0n) is 12.7. The molecule has 10 heteroatoms. The standard InChI is InChI=1S/C12H19N5O4S/c1-4-21-8(19)5-7(18)6-22-11-13-9-10(14-15-11)17(3)12(20)16(9)2/h9-10,14H,4-6H2,1-3H3,(H,13,15). The third-order valence-electron chi connectivity index (χ3n) is 3.29. The number of likely N-dealkylation sites (N-methyl/N-ethyl adjacent to an activating group) is 2. The van der Waals surface area contributed by atoms with Crippen LogP contribution in [0.5, 0.6) is 0 Å². The molecule has 2 heterocycles. The molecule has 0 radical (unpaired) electrons. The number of rotatable bonds is 5. The largest absolute Gasteiger partial charge is 0.466 e. The Bertz CT molecular complexity index is 512. The molecule has 0 bridgehead atoms. The number of hydrogen-bond donors (Lipinski definition) is 2. The van der Waals surface area contributed by atoms with Crippen molar-refractivity contribution in [2.75, 3.05) is 26.5 Å². The normalized spacial score (nSPS) is 23.8. The van der Waals surface area contributed by atoms with E-state index in [0.717, 1.165) is 0 Å². The van der Waals surface area contributed by atoms with Crippen molar-refractivity contribution in [3.05, 3.63) is 0 Å². The van der Waals surface area contributed by atoms with Crippen molar-refractivity contribution in [2.24, 2.45) is 4.99 Å². The van der Waals surface area contributed by atoms with E-state index in [1.165, 1.54) is 16.7 Å². The highest BCUT2D eigenvalue weighted by molar-refractivity contribution is 8.14. The van der Waals surface area contributed by atoms with Crippen molar-refractivity contribution in [3.8, 4) is 0 Å². The lowest BCUT2D eigenvalue weighted by molar-refractivity contribution is -0.145. The first-order chi connectivity index (χ1) is 10.4. The third kappa shape index (κ3) is 3.50. The lowest BCUT2D eigenvalue weighted by Crippen LogP contribution is -2.57. The molecule has 0 aromatic carbocycles. The number of Topliss-reactive ketones (excluding diaryl/α,β-unsaturated/α-hetero) is 1. The number of nitrogens with one attached hydrogen (secondary N) is 2. The highest BCUT2D eigenvalue weighted by atomic mass is 32.2. The number of urea groups is 1. The summed E-state index contributed by atoms with van der Waals surface area (Å²) in [5.74, 6) is -0.646. The van der Waals surface area contributed by atoms with Crippen LogP contribution in [0.3, 0.4) is 0 Å². The van der Waals surface area contributed by atoms with Crippen LogP contribution in [-0.2, 0) is 14.3 Å². The van der Waals surface area contributed by atoms with Crippen LogP contribution in [-0.4, -0.2) is 71.5 Å². The predicted molar refractivity (Wildman–Crippen MR) is 80.9 cm³/mol. The van der Waals surface area contributed by atoms with E-state index in [-0.39, 0.29) is 42.9 Å². The van der Waals surface area contributed by atoms with Crippen LogP contribution in [0.1, 0.15) is 13.3 Å². The molecular weight excluding hydrogens is 310 g/mol. The zero-order chi connectivity index (χ0) is 16.3. The number of thioether (sulfide) groups is 1. The molecule has 1 fully saturated rings. The van der Waals surface area contributed by atoms with Gasteiger partial charge in [-0.15, -0.1) is 0 Å². The average molecular weight is 329 g/mol. The summed E-state index contributed by atoms with van der Waals surface area (Å²) in [6.07, 6.45) is -0.840. The zero-order valence-corrected chi connectivity index (χ0v) is 13.5. The molecule has 122 valence electrons. The van der Waals surface area contributed by atoms with Crippen LogP contribution in [0, 0.1) is 0 Å². The molecule has 2 rings (SSSR count). The number of ether oxygens (including phenoxy) is 1. The molecule has 1 saturated heterocycles. The molecule has 0 aliphatic carbocycles. The SMILES string of the molecule is CCOC(=O)CC(=O)CSC1=NC2C(NN1)N(C)C(=O)N2C. The van der Waals surface area contributed by atoms with Crippen molar-refractivity contribution in [3.63, 3.8) is 0 Å². The van der Waals surface area contributed by atoms with Gasteiger partial charge >= 0.3 is 12.0 Å². The topological polar surface area (TPSA) is 103 Å². The summed E-state index contributed by atoms with van der Waals surface area (Å²) in [6, 6.07) is -0.127. The maximum atomic E-state index is 11.8. The van der Waals surface area contributed by atoms with Crippen molar-refractivity contribution in [1.29, 1.82) is 0 Å². The Balaban J connectivity index is 1.87. The van der Waals surface area contributed by atoms with Gasteiger partial charge in [0.05, 0.1) is 12.4 Å². The van der Waals surface area contributed by atoms with Gasteiger partial charge < -0.3 is 14.5 Å². The number of fused-ring (bicyclic) bond motifs is 1. The van der Waals surface area contributed by atoms with Crippen LogP contribution in [0.2, 0.25) is 0 Å². The first kappa shape index (κ1) is 16.6. The molecule has 2 aliphatic rings. The van der Waals surface area contributed by atoms with Gasteiger partial charge in [0.1, 0.15) is 12.6 Å².